The number of nitrogens with two attached hydrogens (primary N) is 1. The monoisotopic (exact) mass is 352 g/mol. The lowest BCUT2D eigenvalue weighted by Gasteiger charge is -2.11. The first-order valence-electron chi connectivity index (χ1n) is 5.50. The van der Waals surface area contributed by atoms with Gasteiger partial charge >= 0.3 is 0 Å². The summed E-state index contributed by atoms with van der Waals surface area (Å²) in [4.78, 5) is 12.2. The number of benzene rings is 2. The van der Waals surface area contributed by atoms with E-state index < -0.39 is 0 Å². The Balaban J connectivity index is 2.31. The quantitative estimate of drug-likeness (QED) is 0.643. The molecule has 2 aromatic carbocycles. The van der Waals surface area contributed by atoms with Crippen LogP contribution in [0.5, 0.6) is 0 Å². The molecular formula is C14H13IN2O. The Bertz CT molecular complexity index is 576. The number of amides is 1. The number of carbonyl (C=O) groups excluding carboxylic acids is 1. The van der Waals surface area contributed by atoms with Crippen LogP contribution in [0.3, 0.4) is 0 Å². The van der Waals surface area contributed by atoms with Crippen molar-refractivity contribution in [2.75, 3.05) is 11.1 Å². The lowest BCUT2D eigenvalue weighted by molar-refractivity contribution is 0.102. The second-order valence-electron chi connectivity index (χ2n) is 3.97. The molecule has 0 radical (unpaired) electrons. The van der Waals surface area contributed by atoms with E-state index in [1.807, 2.05) is 43.3 Å². The van der Waals surface area contributed by atoms with Crippen LogP contribution in [0.2, 0.25) is 0 Å². The molecule has 0 saturated carbocycles. The number of aryl methyl sites for hydroxylation is 1. The zero-order valence-corrected chi connectivity index (χ0v) is 12.1. The fourth-order valence-electron chi connectivity index (χ4n) is 1.75. The van der Waals surface area contributed by atoms with Crippen LogP contribution in [0.25, 0.3) is 0 Å². The van der Waals surface area contributed by atoms with E-state index >= 15 is 0 Å². The van der Waals surface area contributed by atoms with Gasteiger partial charge in [-0.3, -0.25) is 4.79 Å². The van der Waals surface area contributed by atoms with E-state index in [0.29, 0.717) is 11.3 Å². The zero-order chi connectivity index (χ0) is 13.1. The van der Waals surface area contributed by atoms with Gasteiger partial charge in [-0.25, -0.2) is 0 Å². The van der Waals surface area contributed by atoms with Crippen molar-refractivity contribution in [1.82, 2.24) is 0 Å². The van der Waals surface area contributed by atoms with Gasteiger partial charge in [-0.1, -0.05) is 24.3 Å². The molecule has 3 N–H and O–H groups in total. The lowest BCUT2D eigenvalue weighted by Crippen LogP contribution is -2.16. The number of para-hydroxylation sites is 1. The van der Waals surface area contributed by atoms with Gasteiger partial charge in [0.05, 0.1) is 11.3 Å². The van der Waals surface area contributed by atoms with E-state index in [-0.39, 0.29) is 5.91 Å². The molecule has 0 saturated heterocycles. The van der Waals surface area contributed by atoms with Gasteiger partial charge in [0.25, 0.3) is 5.91 Å². The zero-order valence-electron chi connectivity index (χ0n) is 9.91. The molecule has 0 unspecified atom stereocenters. The molecule has 0 heterocycles. The Morgan fingerprint density at radius 2 is 1.89 bits per heavy atom. The van der Waals surface area contributed by atoms with E-state index in [1.54, 1.807) is 6.07 Å². The van der Waals surface area contributed by atoms with Gasteiger partial charge < -0.3 is 11.1 Å². The standard InChI is InChI=1S/C14H13IN2O/c1-9-5-4-7-11(16)13(9)14(18)17-12-8-3-2-6-10(12)15/h2-8H,16H2,1H3,(H,17,18). The molecule has 0 bridgehead atoms. The molecule has 2 rings (SSSR count). The van der Waals surface area contributed by atoms with Crippen LogP contribution in [-0.2, 0) is 0 Å². The Labute approximate surface area is 120 Å². The molecule has 0 spiro atoms. The first-order valence-corrected chi connectivity index (χ1v) is 6.58. The van der Waals surface area contributed by atoms with Crippen molar-refractivity contribution in [1.29, 1.82) is 0 Å². The summed E-state index contributed by atoms with van der Waals surface area (Å²) in [7, 11) is 0. The normalized spacial score (nSPS) is 10.1. The molecule has 0 aliphatic heterocycles. The highest BCUT2D eigenvalue weighted by Crippen LogP contribution is 2.21. The fourth-order valence-corrected chi connectivity index (χ4v) is 2.27. The molecule has 0 fully saturated rings. The summed E-state index contributed by atoms with van der Waals surface area (Å²) >= 11 is 2.18. The van der Waals surface area contributed by atoms with Gasteiger partial charge in [0.1, 0.15) is 0 Å². The topological polar surface area (TPSA) is 55.1 Å². The number of nitrogen functional groups attached to an aromatic ring is 1. The summed E-state index contributed by atoms with van der Waals surface area (Å²) in [5.74, 6) is -0.172. The van der Waals surface area contributed by atoms with Crippen molar-refractivity contribution in [3.8, 4) is 0 Å². The summed E-state index contributed by atoms with van der Waals surface area (Å²) in [6.45, 7) is 1.88. The first-order chi connectivity index (χ1) is 8.59. The second kappa shape index (κ2) is 5.39. The Hall–Kier alpha value is -1.56. The van der Waals surface area contributed by atoms with Gasteiger partial charge in [-0.15, -0.1) is 0 Å². The van der Waals surface area contributed by atoms with Crippen LogP contribution >= 0.6 is 22.6 Å². The SMILES string of the molecule is Cc1cccc(N)c1C(=O)Nc1ccccc1I. The Morgan fingerprint density at radius 3 is 2.56 bits per heavy atom. The van der Waals surface area contributed by atoms with Crippen LogP contribution in [0.1, 0.15) is 15.9 Å². The molecule has 92 valence electrons. The third kappa shape index (κ3) is 2.64. The molecule has 1 amide bonds. The van der Waals surface area contributed by atoms with Crippen molar-refractivity contribution in [2.45, 2.75) is 6.92 Å². The van der Waals surface area contributed by atoms with Gasteiger partial charge in [-0.2, -0.15) is 0 Å². The highest BCUT2D eigenvalue weighted by molar-refractivity contribution is 14.1. The number of halogens is 1. The molecule has 0 aliphatic rings. The highest BCUT2D eigenvalue weighted by atomic mass is 127. The Morgan fingerprint density at radius 1 is 1.17 bits per heavy atom. The molecule has 0 aliphatic carbocycles. The summed E-state index contributed by atoms with van der Waals surface area (Å²) in [5, 5.41) is 2.88. The first kappa shape index (κ1) is 12.9. The van der Waals surface area contributed by atoms with Crippen molar-refractivity contribution in [3.63, 3.8) is 0 Å². The summed E-state index contributed by atoms with van der Waals surface area (Å²) < 4.78 is 0.996. The predicted molar refractivity (Wildman–Crippen MR) is 82.7 cm³/mol. The number of anilines is 2. The summed E-state index contributed by atoms with van der Waals surface area (Å²) in [5.41, 5.74) is 8.56. The molecule has 0 atom stereocenters. The van der Waals surface area contributed by atoms with Crippen LogP contribution in [0.4, 0.5) is 11.4 Å². The fraction of sp³-hybridized carbons (Fsp3) is 0.0714. The minimum atomic E-state index is -0.172. The van der Waals surface area contributed by atoms with E-state index in [0.717, 1.165) is 14.8 Å². The van der Waals surface area contributed by atoms with E-state index in [1.165, 1.54) is 0 Å². The van der Waals surface area contributed by atoms with Crippen molar-refractivity contribution in [3.05, 3.63) is 57.2 Å². The van der Waals surface area contributed by atoms with Gasteiger partial charge in [0.2, 0.25) is 0 Å². The Kier molecular flexibility index (Phi) is 3.86. The number of carbonyl (C=O) groups is 1. The maximum absolute atomic E-state index is 12.2. The van der Waals surface area contributed by atoms with Crippen LogP contribution < -0.4 is 11.1 Å². The van der Waals surface area contributed by atoms with E-state index in [4.69, 9.17) is 5.73 Å². The van der Waals surface area contributed by atoms with Crippen LogP contribution in [-0.4, -0.2) is 5.91 Å². The van der Waals surface area contributed by atoms with Gasteiger partial charge in [0, 0.05) is 9.26 Å². The van der Waals surface area contributed by atoms with Gasteiger partial charge in [-0.05, 0) is 53.3 Å². The maximum Gasteiger partial charge on any atom is 0.258 e. The number of rotatable bonds is 2. The smallest absolute Gasteiger partial charge is 0.258 e. The van der Waals surface area contributed by atoms with Crippen LogP contribution in [0, 0.1) is 10.5 Å². The molecule has 0 aromatic heterocycles. The largest absolute Gasteiger partial charge is 0.398 e. The average molecular weight is 352 g/mol. The second-order valence-corrected chi connectivity index (χ2v) is 5.14. The third-order valence-electron chi connectivity index (χ3n) is 2.65. The minimum absolute atomic E-state index is 0.172. The predicted octanol–water partition coefficient (Wildman–Crippen LogP) is 3.43. The summed E-state index contributed by atoms with van der Waals surface area (Å²) in [6, 6.07) is 13.1. The van der Waals surface area contributed by atoms with Crippen molar-refractivity contribution >= 4 is 39.9 Å². The highest BCUT2D eigenvalue weighted by Gasteiger charge is 2.13. The summed E-state index contributed by atoms with van der Waals surface area (Å²) in [6.07, 6.45) is 0. The molecule has 4 heteroatoms. The number of hydrogen-bond donors (Lipinski definition) is 2. The molecule has 18 heavy (non-hydrogen) atoms. The molecule has 2 aromatic rings. The van der Waals surface area contributed by atoms with Crippen molar-refractivity contribution in [2.24, 2.45) is 0 Å². The number of hydrogen-bond acceptors (Lipinski definition) is 2. The lowest BCUT2D eigenvalue weighted by atomic mass is 10.1. The molecular weight excluding hydrogens is 339 g/mol. The minimum Gasteiger partial charge on any atom is -0.398 e. The number of nitrogens with one attached hydrogen (secondary N) is 1. The van der Waals surface area contributed by atoms with E-state index in [9.17, 15) is 4.79 Å². The average Bonchev–Trinajstić information content (AvgIpc) is 2.32. The maximum atomic E-state index is 12.2. The van der Waals surface area contributed by atoms with Crippen molar-refractivity contribution < 1.29 is 4.79 Å². The van der Waals surface area contributed by atoms with Crippen LogP contribution in [0.15, 0.2) is 42.5 Å². The van der Waals surface area contributed by atoms with E-state index in [2.05, 4.69) is 27.9 Å². The molecule has 3 nitrogen and oxygen atoms in total. The van der Waals surface area contributed by atoms with Gasteiger partial charge in [0.15, 0.2) is 0 Å². The third-order valence-corrected chi connectivity index (χ3v) is 3.59.